The average Bonchev–Trinajstić information content (AvgIpc) is 2.41. The van der Waals surface area contributed by atoms with Crippen molar-refractivity contribution in [2.24, 2.45) is 0 Å². The second-order valence-corrected chi connectivity index (χ2v) is 5.28. The van der Waals surface area contributed by atoms with E-state index in [1.165, 1.54) is 12.1 Å². The third kappa shape index (κ3) is 2.82. The number of hydrogen-bond donors (Lipinski definition) is 1. The first-order chi connectivity index (χ1) is 9.40. The molecule has 0 heterocycles. The highest BCUT2D eigenvalue weighted by atomic mass is 19.1. The van der Waals surface area contributed by atoms with Gasteiger partial charge in [0.05, 0.1) is 0 Å². The molecule has 2 aromatic carbocycles. The van der Waals surface area contributed by atoms with E-state index < -0.39 is 11.6 Å². The molecule has 3 heteroatoms. The summed E-state index contributed by atoms with van der Waals surface area (Å²) in [6.07, 6.45) is 0. The molecule has 0 aliphatic carbocycles. The van der Waals surface area contributed by atoms with E-state index in [9.17, 15) is 8.78 Å². The van der Waals surface area contributed by atoms with Crippen LogP contribution in [0.15, 0.2) is 30.3 Å². The van der Waals surface area contributed by atoms with Crippen molar-refractivity contribution >= 4 is 5.69 Å². The van der Waals surface area contributed by atoms with Gasteiger partial charge in [-0.15, -0.1) is 0 Å². The third-order valence-electron chi connectivity index (χ3n) is 3.55. The van der Waals surface area contributed by atoms with Crippen LogP contribution in [0.3, 0.4) is 0 Å². The lowest BCUT2D eigenvalue weighted by molar-refractivity contribution is 0.578. The molecule has 0 spiro atoms. The molecule has 2 aromatic rings. The van der Waals surface area contributed by atoms with Crippen LogP contribution in [0.4, 0.5) is 14.5 Å². The number of rotatable bonds is 3. The second kappa shape index (κ2) is 5.61. The van der Waals surface area contributed by atoms with E-state index in [0.29, 0.717) is 5.56 Å². The fourth-order valence-electron chi connectivity index (χ4n) is 2.31. The number of benzene rings is 2. The minimum absolute atomic E-state index is 0.0570. The Kier molecular flexibility index (Phi) is 4.07. The number of halogens is 2. The number of nitrogens with one attached hydrogen (secondary N) is 1. The maximum absolute atomic E-state index is 14.0. The van der Waals surface area contributed by atoms with E-state index in [1.807, 2.05) is 39.0 Å². The van der Waals surface area contributed by atoms with Crippen LogP contribution < -0.4 is 5.32 Å². The topological polar surface area (TPSA) is 12.0 Å². The molecular weight excluding hydrogens is 256 g/mol. The maximum Gasteiger partial charge on any atom is 0.152 e. The predicted molar refractivity (Wildman–Crippen MR) is 79.0 cm³/mol. The Morgan fingerprint density at radius 1 is 0.950 bits per heavy atom. The van der Waals surface area contributed by atoms with Gasteiger partial charge in [0.1, 0.15) is 11.5 Å². The Hall–Kier alpha value is -1.90. The van der Waals surface area contributed by atoms with Crippen molar-refractivity contribution in [1.29, 1.82) is 0 Å². The fourth-order valence-corrected chi connectivity index (χ4v) is 2.31. The Labute approximate surface area is 118 Å². The molecule has 1 unspecified atom stereocenters. The van der Waals surface area contributed by atoms with Crippen LogP contribution >= 0.6 is 0 Å². The van der Waals surface area contributed by atoms with Gasteiger partial charge < -0.3 is 5.32 Å². The molecule has 0 aliphatic rings. The van der Waals surface area contributed by atoms with Crippen molar-refractivity contribution in [3.63, 3.8) is 0 Å². The Morgan fingerprint density at radius 2 is 1.60 bits per heavy atom. The summed E-state index contributed by atoms with van der Waals surface area (Å²) in [7, 11) is 0. The second-order valence-electron chi connectivity index (χ2n) is 5.28. The summed E-state index contributed by atoms with van der Waals surface area (Å²) < 4.78 is 27.8. The molecule has 0 saturated carbocycles. The summed E-state index contributed by atoms with van der Waals surface area (Å²) in [5.74, 6) is -1.09. The molecule has 106 valence electrons. The minimum atomic E-state index is -0.565. The lowest BCUT2D eigenvalue weighted by Gasteiger charge is -2.20. The van der Waals surface area contributed by atoms with Crippen LogP contribution in [0, 0.1) is 32.4 Å². The molecule has 0 radical (unpaired) electrons. The highest BCUT2D eigenvalue weighted by Gasteiger charge is 2.15. The van der Waals surface area contributed by atoms with Crippen LogP contribution in [-0.4, -0.2) is 0 Å². The smallest absolute Gasteiger partial charge is 0.152 e. The van der Waals surface area contributed by atoms with Gasteiger partial charge >= 0.3 is 0 Å². The zero-order chi connectivity index (χ0) is 14.9. The number of hydrogen-bond acceptors (Lipinski definition) is 1. The van der Waals surface area contributed by atoms with Gasteiger partial charge in [0.15, 0.2) is 5.82 Å². The van der Waals surface area contributed by atoms with Gasteiger partial charge in [-0.2, -0.15) is 0 Å². The van der Waals surface area contributed by atoms with Crippen molar-refractivity contribution < 1.29 is 8.78 Å². The van der Waals surface area contributed by atoms with Crippen molar-refractivity contribution in [1.82, 2.24) is 0 Å². The van der Waals surface area contributed by atoms with E-state index in [0.717, 1.165) is 16.7 Å². The van der Waals surface area contributed by atoms with Crippen molar-refractivity contribution in [3.8, 4) is 0 Å². The monoisotopic (exact) mass is 275 g/mol. The van der Waals surface area contributed by atoms with E-state index in [1.54, 1.807) is 6.92 Å². The molecule has 0 amide bonds. The maximum atomic E-state index is 14.0. The van der Waals surface area contributed by atoms with Gasteiger partial charge in [-0.25, -0.2) is 8.78 Å². The largest absolute Gasteiger partial charge is 0.374 e. The van der Waals surface area contributed by atoms with E-state index in [2.05, 4.69) is 5.32 Å². The fraction of sp³-hybridized carbons (Fsp3) is 0.294. The average molecular weight is 275 g/mol. The van der Waals surface area contributed by atoms with Gasteiger partial charge in [-0.1, -0.05) is 29.8 Å². The van der Waals surface area contributed by atoms with Gasteiger partial charge in [0.2, 0.25) is 0 Å². The van der Waals surface area contributed by atoms with Crippen LogP contribution in [-0.2, 0) is 0 Å². The molecule has 20 heavy (non-hydrogen) atoms. The van der Waals surface area contributed by atoms with Gasteiger partial charge in [0.25, 0.3) is 0 Å². The number of anilines is 1. The first-order valence-corrected chi connectivity index (χ1v) is 6.68. The molecule has 1 nitrogen and oxygen atoms in total. The SMILES string of the molecule is Cc1ccc(C)c(C(C)Nc2c(F)ccc(C)c2F)c1. The molecule has 1 N–H and O–H groups in total. The highest BCUT2D eigenvalue weighted by Crippen LogP contribution is 2.28. The molecule has 0 aromatic heterocycles. The summed E-state index contributed by atoms with van der Waals surface area (Å²) in [5, 5.41) is 2.95. The zero-order valence-electron chi connectivity index (χ0n) is 12.2. The highest BCUT2D eigenvalue weighted by molar-refractivity contribution is 5.51. The summed E-state index contributed by atoms with van der Waals surface area (Å²) in [5.41, 5.74) is 3.65. The van der Waals surface area contributed by atoms with Crippen LogP contribution in [0.2, 0.25) is 0 Å². The lowest BCUT2D eigenvalue weighted by Crippen LogP contribution is -2.11. The minimum Gasteiger partial charge on any atom is -0.374 e. The number of aryl methyl sites for hydroxylation is 3. The van der Waals surface area contributed by atoms with Crippen molar-refractivity contribution in [2.75, 3.05) is 5.32 Å². The Morgan fingerprint density at radius 3 is 2.30 bits per heavy atom. The summed E-state index contributed by atoms with van der Waals surface area (Å²) in [4.78, 5) is 0. The van der Waals surface area contributed by atoms with Crippen molar-refractivity contribution in [2.45, 2.75) is 33.7 Å². The Bertz CT molecular complexity index is 635. The normalized spacial score (nSPS) is 12.3. The lowest BCUT2D eigenvalue weighted by atomic mass is 9.99. The summed E-state index contributed by atoms with van der Waals surface area (Å²) in [6.45, 7) is 7.53. The zero-order valence-corrected chi connectivity index (χ0v) is 12.2. The third-order valence-corrected chi connectivity index (χ3v) is 3.55. The van der Waals surface area contributed by atoms with E-state index in [4.69, 9.17) is 0 Å². The molecule has 2 rings (SSSR count). The molecular formula is C17H19F2N. The van der Waals surface area contributed by atoms with Gasteiger partial charge in [-0.3, -0.25) is 0 Å². The molecule has 0 fully saturated rings. The standard InChI is InChI=1S/C17H19F2N/c1-10-5-6-11(2)14(9-10)13(4)20-17-15(18)8-7-12(3)16(17)19/h5-9,13,20H,1-4H3. The molecule has 0 saturated heterocycles. The van der Waals surface area contributed by atoms with Crippen molar-refractivity contribution in [3.05, 3.63) is 64.2 Å². The predicted octanol–water partition coefficient (Wildman–Crippen LogP) is 5.06. The van der Waals surface area contributed by atoms with E-state index in [-0.39, 0.29) is 11.7 Å². The summed E-state index contributed by atoms with van der Waals surface area (Å²) in [6, 6.07) is 8.65. The quantitative estimate of drug-likeness (QED) is 0.825. The van der Waals surface area contributed by atoms with Gasteiger partial charge in [0, 0.05) is 6.04 Å². The van der Waals surface area contributed by atoms with Gasteiger partial charge in [-0.05, 0) is 50.5 Å². The Balaban J connectivity index is 2.35. The summed E-state index contributed by atoms with van der Waals surface area (Å²) >= 11 is 0. The van der Waals surface area contributed by atoms with Crippen LogP contribution in [0.1, 0.15) is 35.2 Å². The molecule has 0 bridgehead atoms. The van der Waals surface area contributed by atoms with E-state index >= 15 is 0 Å². The van der Waals surface area contributed by atoms with Crippen LogP contribution in [0.25, 0.3) is 0 Å². The first-order valence-electron chi connectivity index (χ1n) is 6.68. The van der Waals surface area contributed by atoms with Crippen LogP contribution in [0.5, 0.6) is 0 Å². The first kappa shape index (κ1) is 14.5. The molecule has 1 atom stereocenters. The molecule has 0 aliphatic heterocycles.